The molecule has 1 N–H and O–H groups in total. The van der Waals surface area contributed by atoms with E-state index in [-0.39, 0.29) is 11.7 Å². The van der Waals surface area contributed by atoms with Crippen LogP contribution in [0.2, 0.25) is 0 Å². The number of aryl methyl sites for hydroxylation is 1. The summed E-state index contributed by atoms with van der Waals surface area (Å²) in [7, 11) is 0. The third-order valence-corrected chi connectivity index (χ3v) is 7.95. The van der Waals surface area contributed by atoms with Gasteiger partial charge in [-0.05, 0) is 61.9 Å². The monoisotopic (exact) mass is 454 g/mol. The maximum absolute atomic E-state index is 13.8. The Balaban J connectivity index is 1.41. The molecule has 0 atom stereocenters. The minimum atomic E-state index is -0.251. The van der Waals surface area contributed by atoms with Crippen molar-refractivity contribution in [3.63, 3.8) is 0 Å². The maximum Gasteiger partial charge on any atom is 0.319 e. The van der Waals surface area contributed by atoms with Gasteiger partial charge in [0, 0.05) is 25.1 Å². The highest BCUT2D eigenvalue weighted by atomic mass is 32.1. The van der Waals surface area contributed by atoms with E-state index >= 15 is 0 Å². The molecule has 0 saturated carbocycles. The second-order valence-electron chi connectivity index (χ2n) is 9.13. The van der Waals surface area contributed by atoms with Gasteiger partial charge in [-0.3, -0.25) is 0 Å². The number of nitrogens with one attached hydrogen (secondary N) is 1. The van der Waals surface area contributed by atoms with Crippen molar-refractivity contribution in [2.45, 2.75) is 38.5 Å². The molecule has 0 unspecified atom stereocenters. The van der Waals surface area contributed by atoms with E-state index in [4.69, 9.17) is 0 Å². The van der Waals surface area contributed by atoms with Gasteiger partial charge in [0.2, 0.25) is 0 Å². The van der Waals surface area contributed by atoms with Gasteiger partial charge in [-0.25, -0.2) is 18.7 Å². The van der Waals surface area contributed by atoms with Crippen molar-refractivity contribution in [1.29, 1.82) is 0 Å². The molecule has 2 aliphatic rings. The summed E-state index contributed by atoms with van der Waals surface area (Å²) in [5.74, 6) is 1.39. The number of piperidine rings is 2. The topological polar surface area (TPSA) is 67.8 Å². The number of carbonyl (C=O) groups excluding carboxylic acids is 1. The fourth-order valence-electron chi connectivity index (χ4n) is 5.59. The number of likely N-dealkylation sites (tertiary alicyclic amines) is 1. The third kappa shape index (κ3) is 4.19. The van der Waals surface area contributed by atoms with Crippen LogP contribution < -0.4 is 9.80 Å². The molecule has 0 radical (unpaired) electrons. The van der Waals surface area contributed by atoms with E-state index in [1.807, 2.05) is 6.07 Å². The molecule has 4 heterocycles. The number of fused-ring (bicyclic) bond motifs is 1. The molecule has 1 aromatic carbocycles. The van der Waals surface area contributed by atoms with Crippen molar-refractivity contribution in [1.82, 2.24) is 23.5 Å². The molecule has 0 spiro atoms. The molecule has 5 rings (SSSR count). The van der Waals surface area contributed by atoms with E-state index in [1.165, 1.54) is 25.0 Å². The molecule has 2 fully saturated rings. The van der Waals surface area contributed by atoms with Gasteiger partial charge in [0.05, 0.1) is 31.2 Å². The number of amides is 1. The van der Waals surface area contributed by atoms with Gasteiger partial charge in [-0.15, -0.1) is 0 Å². The predicted molar refractivity (Wildman–Crippen MR) is 125 cm³/mol. The number of quaternary nitrogens is 1. The second kappa shape index (κ2) is 9.29. The highest BCUT2D eigenvalue weighted by Crippen LogP contribution is 2.39. The van der Waals surface area contributed by atoms with Crippen molar-refractivity contribution in [3.8, 4) is 0 Å². The Morgan fingerprint density at radius 1 is 1.03 bits per heavy atom. The van der Waals surface area contributed by atoms with Crippen LogP contribution in [0.4, 0.5) is 10.1 Å². The number of aromatic nitrogens is 3. The van der Waals surface area contributed by atoms with Crippen LogP contribution in [0.15, 0.2) is 36.5 Å². The number of pyridine rings is 1. The van der Waals surface area contributed by atoms with Crippen LogP contribution in [0, 0.1) is 17.7 Å². The Bertz CT molecular complexity index is 1070. The molecule has 6 nitrogen and oxygen atoms in total. The summed E-state index contributed by atoms with van der Waals surface area (Å²) in [6.45, 7) is 3.81. The lowest BCUT2D eigenvalue weighted by atomic mass is 9.78. The quantitative estimate of drug-likeness (QED) is 0.588. The lowest BCUT2D eigenvalue weighted by Crippen LogP contribution is -2.59. The van der Waals surface area contributed by atoms with Gasteiger partial charge in [0.25, 0.3) is 0 Å². The van der Waals surface area contributed by atoms with E-state index in [9.17, 15) is 9.18 Å². The summed E-state index contributed by atoms with van der Waals surface area (Å²) < 4.78 is 22.4. The van der Waals surface area contributed by atoms with Crippen LogP contribution in [0.5, 0.6) is 0 Å². The summed E-state index contributed by atoms with van der Waals surface area (Å²) in [6, 6.07) is 8.42. The molecule has 2 aliphatic heterocycles. The van der Waals surface area contributed by atoms with Gasteiger partial charge in [-0.2, -0.15) is 8.75 Å². The maximum atomic E-state index is 13.8. The van der Waals surface area contributed by atoms with Crippen LogP contribution in [0.3, 0.4) is 0 Å². The molecule has 8 heteroatoms. The first-order valence-electron chi connectivity index (χ1n) is 11.6. The second-order valence-corrected chi connectivity index (χ2v) is 9.66. The molecule has 2 aromatic heterocycles. The minimum absolute atomic E-state index is 0.207. The molecular weight excluding hydrogens is 425 g/mol. The first kappa shape index (κ1) is 21.6. The van der Waals surface area contributed by atoms with E-state index in [0.717, 1.165) is 73.4 Å². The average molecular weight is 455 g/mol. The van der Waals surface area contributed by atoms with Crippen molar-refractivity contribution in [2.24, 2.45) is 11.8 Å². The normalized spacial score (nSPS) is 24.6. The summed E-state index contributed by atoms with van der Waals surface area (Å²) in [5.41, 5.74) is 3.30. The van der Waals surface area contributed by atoms with E-state index in [0.29, 0.717) is 28.9 Å². The zero-order valence-electron chi connectivity index (χ0n) is 18.2. The summed E-state index contributed by atoms with van der Waals surface area (Å²) in [6.07, 6.45) is 7.36. The molecule has 32 heavy (non-hydrogen) atoms. The fourth-order valence-corrected chi connectivity index (χ4v) is 6.10. The average Bonchev–Trinajstić information content (AvgIpc) is 3.33. The Labute approximate surface area is 191 Å². The van der Waals surface area contributed by atoms with Crippen molar-refractivity contribution in [3.05, 3.63) is 47.9 Å². The van der Waals surface area contributed by atoms with Crippen LogP contribution >= 0.6 is 11.7 Å². The lowest BCUT2D eigenvalue weighted by Gasteiger charge is -2.43. The zero-order valence-corrected chi connectivity index (χ0v) is 19.0. The lowest BCUT2D eigenvalue weighted by molar-refractivity contribution is -0.132. The third-order valence-electron chi connectivity index (χ3n) is 7.44. The SMILES string of the molecule is O=C(CCc1ccc(F)cc1)[N+]1(c2ccnc3nsnc23)CCC(C2CCNCC2)CC1. The van der Waals surface area contributed by atoms with Crippen molar-refractivity contribution >= 4 is 34.5 Å². The molecule has 3 aromatic rings. The largest absolute Gasteiger partial charge is 0.319 e. The van der Waals surface area contributed by atoms with E-state index < -0.39 is 0 Å². The number of hydrogen-bond donors (Lipinski definition) is 1. The number of halogens is 1. The van der Waals surface area contributed by atoms with Gasteiger partial charge in [-0.1, -0.05) is 12.1 Å². The smallest absolute Gasteiger partial charge is 0.317 e. The number of carbonyl (C=O) groups is 1. The van der Waals surface area contributed by atoms with Crippen molar-refractivity contribution in [2.75, 3.05) is 26.2 Å². The Hall–Kier alpha value is -2.29. The molecule has 1 amide bonds. The van der Waals surface area contributed by atoms with E-state index in [2.05, 4.69) is 19.0 Å². The van der Waals surface area contributed by atoms with Crippen LogP contribution in [-0.2, 0) is 11.2 Å². The number of hydrogen-bond acceptors (Lipinski definition) is 6. The summed E-state index contributed by atoms with van der Waals surface area (Å²) in [5, 5.41) is 3.46. The van der Waals surface area contributed by atoms with Gasteiger partial charge in [0.1, 0.15) is 5.82 Å². The standard InChI is InChI=1S/C24H29FN5OS/c25-20-4-1-17(2-5-20)3-6-22(31)30(21-9-14-27-24-23(21)28-32-29-24)15-10-19(11-16-30)18-7-12-26-13-8-18/h1-2,4-5,9,14,18-19,26H,3,6-8,10-13,15-16H2/q+1. The van der Waals surface area contributed by atoms with Gasteiger partial charge in [0.15, 0.2) is 16.9 Å². The number of benzene rings is 1. The molecular formula is C24H29FN5OS+. The van der Waals surface area contributed by atoms with Gasteiger partial charge < -0.3 is 5.32 Å². The first-order chi connectivity index (χ1) is 15.7. The minimum Gasteiger partial charge on any atom is -0.317 e. The fraction of sp³-hybridized carbons (Fsp3) is 0.500. The van der Waals surface area contributed by atoms with Crippen LogP contribution in [0.1, 0.15) is 37.7 Å². The van der Waals surface area contributed by atoms with Crippen LogP contribution in [-0.4, -0.2) is 45.8 Å². The highest BCUT2D eigenvalue weighted by Gasteiger charge is 2.45. The predicted octanol–water partition coefficient (Wildman–Crippen LogP) is 4.10. The molecule has 0 aliphatic carbocycles. The summed E-state index contributed by atoms with van der Waals surface area (Å²) >= 11 is 1.15. The number of rotatable bonds is 5. The Morgan fingerprint density at radius 2 is 1.75 bits per heavy atom. The van der Waals surface area contributed by atoms with E-state index in [1.54, 1.807) is 18.3 Å². The van der Waals surface area contributed by atoms with Gasteiger partial charge >= 0.3 is 5.91 Å². The molecule has 168 valence electrons. The number of nitrogens with zero attached hydrogens (tertiary/aromatic N) is 4. The Kier molecular flexibility index (Phi) is 6.26. The van der Waals surface area contributed by atoms with Crippen molar-refractivity contribution < 1.29 is 9.18 Å². The highest BCUT2D eigenvalue weighted by molar-refractivity contribution is 7.00. The molecule has 0 bridgehead atoms. The zero-order chi connectivity index (χ0) is 22.0. The molecule has 2 saturated heterocycles. The summed E-state index contributed by atoms with van der Waals surface area (Å²) in [4.78, 5) is 18.2. The first-order valence-corrected chi connectivity index (χ1v) is 12.3. The Morgan fingerprint density at radius 3 is 2.50 bits per heavy atom. The van der Waals surface area contributed by atoms with Crippen LogP contribution in [0.25, 0.3) is 11.2 Å².